The van der Waals surface area contributed by atoms with Gasteiger partial charge in [0.25, 0.3) is 0 Å². The van der Waals surface area contributed by atoms with Gasteiger partial charge in [-0.25, -0.2) is 0 Å². The molecule has 12 nitrogen and oxygen atoms in total. The van der Waals surface area contributed by atoms with E-state index in [2.05, 4.69) is 211 Å². The van der Waals surface area contributed by atoms with Gasteiger partial charge in [0, 0.05) is 48.4 Å². The van der Waals surface area contributed by atoms with E-state index in [4.69, 9.17) is 35.0 Å². The van der Waals surface area contributed by atoms with Crippen molar-refractivity contribution in [3.63, 3.8) is 0 Å². The third-order valence-electron chi connectivity index (χ3n) is 16.0. The first-order valence-corrected chi connectivity index (χ1v) is 31.4. The quantitative estimate of drug-likeness (QED) is 0.0484. The average Bonchev–Trinajstić information content (AvgIpc) is 1.71. The molecule has 0 fully saturated rings. The lowest BCUT2D eigenvalue weighted by molar-refractivity contribution is -0.153. The molecule has 2 unspecified atom stereocenters. The van der Waals surface area contributed by atoms with Crippen LogP contribution in [0.2, 0.25) is 0 Å². The van der Waals surface area contributed by atoms with Crippen LogP contribution in [0.1, 0.15) is 203 Å². The summed E-state index contributed by atoms with van der Waals surface area (Å²) in [5, 5.41) is 28.8. The fraction of sp³-hybridized carbons (Fsp3) is 0.473. The van der Waals surface area contributed by atoms with Crippen LogP contribution in [-0.4, -0.2) is 65.2 Å². The number of hydrogen-bond donors (Lipinski definition) is 1. The number of fused-ring (bicyclic) bond motifs is 2. The maximum atomic E-state index is 12.6. The van der Waals surface area contributed by atoms with Crippen LogP contribution in [0.4, 0.5) is 0 Å². The number of aliphatic carboxylic acids is 1. The predicted octanol–water partition coefficient (Wildman–Crippen LogP) is 18.4. The minimum Gasteiger partial charge on any atom is -0.481 e. The number of carbonyl (C=O) groups excluding carboxylic acids is 2. The Balaban J connectivity index is 0.000000255. The van der Waals surface area contributed by atoms with Crippen LogP contribution < -0.4 is 0 Å². The van der Waals surface area contributed by atoms with Crippen molar-refractivity contribution in [2.45, 2.75) is 228 Å². The fourth-order valence-electron chi connectivity index (χ4n) is 10.8. The molecule has 86 heavy (non-hydrogen) atoms. The van der Waals surface area contributed by atoms with Crippen LogP contribution in [0.5, 0.6) is 0 Å². The molecule has 0 aliphatic carbocycles. The third kappa shape index (κ3) is 18.3. The zero-order chi connectivity index (χ0) is 62.6. The summed E-state index contributed by atoms with van der Waals surface area (Å²) >= 11 is 0. The van der Waals surface area contributed by atoms with Crippen molar-refractivity contribution < 1.29 is 29.0 Å². The van der Waals surface area contributed by atoms with E-state index in [0.717, 1.165) is 118 Å². The first-order chi connectivity index (χ1) is 40.6. The highest BCUT2D eigenvalue weighted by molar-refractivity contribution is 6.01. The van der Waals surface area contributed by atoms with Crippen molar-refractivity contribution in [3.8, 4) is 44.5 Å². The molecule has 2 heterocycles. The van der Waals surface area contributed by atoms with Crippen molar-refractivity contribution in [2.75, 3.05) is 0 Å². The monoisotopic (exact) mass is 1160 g/mol. The fourth-order valence-corrected chi connectivity index (χ4v) is 10.8. The summed E-state index contributed by atoms with van der Waals surface area (Å²) < 4.78 is 11.1. The van der Waals surface area contributed by atoms with Crippen molar-refractivity contribution in [2.24, 2.45) is 0 Å². The summed E-state index contributed by atoms with van der Waals surface area (Å²) in [5.74, 6) is -1.25. The number of hydrogen-bond acceptors (Lipinski definition) is 9. The number of carboxylic acid groups (broad SMARTS) is 1. The Morgan fingerprint density at radius 3 is 1.03 bits per heavy atom. The summed E-state index contributed by atoms with van der Waals surface area (Å²) in [6.07, 6.45) is 8.14. The van der Waals surface area contributed by atoms with E-state index in [1.165, 1.54) is 29.2 Å². The Kier molecular flexibility index (Phi) is 22.1. The number of ether oxygens (including phenoxy) is 2. The highest BCUT2D eigenvalue weighted by atomic mass is 16.6. The molecule has 0 saturated carbocycles. The van der Waals surface area contributed by atoms with Gasteiger partial charge in [0.2, 0.25) is 0 Å². The van der Waals surface area contributed by atoms with Gasteiger partial charge >= 0.3 is 17.9 Å². The van der Waals surface area contributed by atoms with Gasteiger partial charge in [0.1, 0.15) is 34.3 Å². The number of nitrogens with zero attached hydrogens (tertiary/aromatic N) is 6. The number of aryl methyl sites for hydroxylation is 2. The topological polar surface area (TPSA) is 151 Å². The molecule has 6 aromatic carbocycles. The van der Waals surface area contributed by atoms with Crippen LogP contribution in [0, 0.1) is 0 Å². The summed E-state index contributed by atoms with van der Waals surface area (Å²) in [6, 6.07) is 43.8. The summed E-state index contributed by atoms with van der Waals surface area (Å²) in [6.45, 7) is 33.4. The molecule has 0 aliphatic heterocycles. The summed E-state index contributed by atoms with van der Waals surface area (Å²) in [7, 11) is 0. The minimum atomic E-state index is -0.743. The first-order valence-electron chi connectivity index (χ1n) is 31.4. The number of benzene rings is 6. The molecule has 458 valence electrons. The maximum absolute atomic E-state index is 12.6. The maximum Gasteiger partial charge on any atom is 0.306 e. The number of rotatable bonds is 23. The third-order valence-corrected chi connectivity index (χ3v) is 16.0. The molecule has 0 saturated heterocycles. The molecule has 0 bridgehead atoms. The van der Waals surface area contributed by atoms with Crippen LogP contribution in [0.25, 0.3) is 66.6 Å². The molecule has 0 radical (unpaired) electrons. The second-order valence-electron chi connectivity index (χ2n) is 27.5. The van der Waals surface area contributed by atoms with Crippen LogP contribution in [0.3, 0.4) is 0 Å². The van der Waals surface area contributed by atoms with Gasteiger partial charge in [-0.2, -0.15) is 30.0 Å². The highest BCUT2D eigenvalue weighted by Gasteiger charge is 2.23. The first kappa shape index (κ1) is 66.1. The number of unbranched alkanes of at least 4 members (excludes halogenated alkanes) is 5. The highest BCUT2D eigenvalue weighted by Crippen LogP contribution is 2.38. The van der Waals surface area contributed by atoms with Crippen molar-refractivity contribution in [1.82, 2.24) is 30.0 Å². The van der Waals surface area contributed by atoms with Crippen molar-refractivity contribution >= 4 is 40.0 Å². The lowest BCUT2D eigenvalue weighted by atomic mass is 9.85. The zero-order valence-corrected chi connectivity index (χ0v) is 54.3. The van der Waals surface area contributed by atoms with Crippen molar-refractivity contribution in [1.29, 1.82) is 0 Å². The summed E-state index contributed by atoms with van der Waals surface area (Å²) in [5.41, 5.74) is 17.9. The predicted molar refractivity (Wildman–Crippen MR) is 351 cm³/mol. The minimum absolute atomic E-state index is 0.0809. The van der Waals surface area contributed by atoms with E-state index in [1.54, 1.807) is 4.80 Å². The molecule has 8 aromatic rings. The van der Waals surface area contributed by atoms with E-state index in [9.17, 15) is 14.4 Å². The summed E-state index contributed by atoms with van der Waals surface area (Å²) in [4.78, 5) is 38.5. The molecule has 12 heteroatoms. The zero-order valence-electron chi connectivity index (χ0n) is 54.3. The molecule has 0 amide bonds. The van der Waals surface area contributed by atoms with Gasteiger partial charge in [0.05, 0.1) is 13.1 Å². The number of esters is 2. The largest absolute Gasteiger partial charge is 0.481 e. The molecule has 2 aromatic heterocycles. The Bertz CT molecular complexity index is 3320. The molecule has 8 rings (SSSR count). The Labute approximate surface area is 512 Å². The second kappa shape index (κ2) is 28.8. The average molecular weight is 1170 g/mol. The van der Waals surface area contributed by atoms with Gasteiger partial charge in [-0.15, -0.1) is 0 Å². The number of carboxylic acids is 1. The normalized spacial score (nSPS) is 12.9. The Morgan fingerprint density at radius 1 is 0.442 bits per heavy atom. The van der Waals surface area contributed by atoms with Crippen LogP contribution in [-0.2, 0) is 58.6 Å². The number of aromatic nitrogens is 6. The van der Waals surface area contributed by atoms with Crippen LogP contribution in [0.15, 0.2) is 121 Å². The Morgan fingerprint density at radius 2 is 0.756 bits per heavy atom. The van der Waals surface area contributed by atoms with Crippen molar-refractivity contribution in [3.05, 3.63) is 144 Å². The van der Waals surface area contributed by atoms with E-state index < -0.39 is 5.97 Å². The second-order valence-corrected chi connectivity index (χ2v) is 27.5. The Hall–Kier alpha value is -7.47. The van der Waals surface area contributed by atoms with Gasteiger partial charge in [-0.3, -0.25) is 14.4 Å². The van der Waals surface area contributed by atoms with E-state index >= 15 is 0 Å². The number of carbonyl (C=O) groups is 3. The SMILES string of the molecule is CC(C)(C)c1ccc(-c2ccc(-c3ccc(C(C)(C)C)cc3)c3nn(CCCCCC(=O)O)nc23)cc1.CCCCC(CC(C)OC(=O)CCCCCn1nc2c(-c3ccc(C(C)(C)C)cc3)ccc(-c3ccc(C(C)(C)C)cc3)c2n1)OC(C)=O. The van der Waals surface area contributed by atoms with Crippen LogP contribution >= 0.6 is 0 Å². The van der Waals surface area contributed by atoms with E-state index in [0.29, 0.717) is 32.4 Å². The van der Waals surface area contributed by atoms with Gasteiger partial charge < -0.3 is 14.6 Å². The van der Waals surface area contributed by atoms with Gasteiger partial charge in [-0.05, 0) is 105 Å². The molecular weight excluding hydrogens is 1070 g/mol. The lowest BCUT2D eigenvalue weighted by Gasteiger charge is -2.21. The van der Waals surface area contributed by atoms with Gasteiger partial charge in [-0.1, -0.05) is 237 Å². The molecular formula is C74H96N6O6. The van der Waals surface area contributed by atoms with E-state index in [1.807, 2.05) is 11.7 Å². The standard InChI is InChI=1S/C42H57N3O4.C32H39N3O2/c1-10-11-15-35(49-30(3)46)28-29(2)48-38(47)16-13-12-14-27-45-43-39-36(31-17-21-33(22-18-31)41(4,5)6)25-26-37(40(39)44-45)32-19-23-34(24-20-32)42(7,8)9;1-31(2,3)24-15-11-22(12-16-24)26-19-20-27(23-13-17-25(18-14-23)32(4,5)6)30-29(26)33-35(34-30)21-9-7-8-10-28(36)37/h17-26,29,35H,10-16,27-28H2,1-9H3;11-20H,7-10,21H2,1-6H3,(H,36,37). The molecule has 1 N–H and O–H groups in total. The molecule has 0 spiro atoms. The molecule has 0 aliphatic rings. The lowest BCUT2D eigenvalue weighted by Crippen LogP contribution is -2.25. The molecule has 2 atom stereocenters. The van der Waals surface area contributed by atoms with E-state index in [-0.39, 0.29) is 52.2 Å². The van der Waals surface area contributed by atoms with Gasteiger partial charge in [0.15, 0.2) is 0 Å². The smallest absolute Gasteiger partial charge is 0.306 e.